The number of hydrogen-bond donors (Lipinski definition) is 2. The van der Waals surface area contributed by atoms with Gasteiger partial charge in [0.15, 0.2) is 6.61 Å². The number of nitrogens with two attached hydrogens (primary N) is 1. The van der Waals surface area contributed by atoms with Crippen molar-refractivity contribution >= 4 is 28.6 Å². The molecule has 4 rings (SSSR count). The molecule has 4 aromatic rings. The molecule has 3 N–H and O–H groups in total. The van der Waals surface area contributed by atoms with Gasteiger partial charge in [0.2, 0.25) is 5.78 Å². The smallest absolute Gasteiger partial charge is 0.341 e. The van der Waals surface area contributed by atoms with Gasteiger partial charge < -0.3 is 20.1 Å². The Labute approximate surface area is 196 Å². The number of ketones is 1. The molecule has 0 atom stereocenters. The molecule has 0 saturated carbocycles. The molecule has 3 aromatic carbocycles. The van der Waals surface area contributed by atoms with Crippen molar-refractivity contribution in [3.63, 3.8) is 0 Å². The number of primary amides is 1. The van der Waals surface area contributed by atoms with Gasteiger partial charge in [0.05, 0.1) is 5.52 Å². The summed E-state index contributed by atoms with van der Waals surface area (Å²) in [6.45, 7) is 1.85. The fourth-order valence-corrected chi connectivity index (χ4v) is 4.23. The number of hydrogen-bond acceptors (Lipinski definition) is 4. The third-order valence-electron chi connectivity index (χ3n) is 5.83. The molecule has 0 aliphatic carbocycles. The van der Waals surface area contributed by atoms with Crippen LogP contribution >= 0.6 is 0 Å². The summed E-state index contributed by atoms with van der Waals surface area (Å²) in [7, 11) is 0. The normalized spacial score (nSPS) is 10.9. The maximum absolute atomic E-state index is 12.3. The van der Waals surface area contributed by atoms with Crippen LogP contribution in [0.5, 0.6) is 5.75 Å². The van der Waals surface area contributed by atoms with E-state index in [1.165, 1.54) is 0 Å². The Kier molecular flexibility index (Phi) is 6.45. The van der Waals surface area contributed by atoms with Crippen molar-refractivity contribution in [1.82, 2.24) is 4.57 Å². The van der Waals surface area contributed by atoms with E-state index in [1.54, 1.807) is 12.1 Å². The Morgan fingerprint density at radius 3 is 2.35 bits per heavy atom. The van der Waals surface area contributed by atoms with Crippen LogP contribution < -0.4 is 10.5 Å². The molecular weight excluding hydrogens is 432 g/mol. The number of fused-ring (bicyclic) bond motifs is 1. The Morgan fingerprint density at radius 2 is 1.65 bits per heavy atom. The van der Waals surface area contributed by atoms with Crippen LogP contribution in [-0.4, -0.2) is 33.9 Å². The minimum Gasteiger partial charge on any atom is -0.481 e. The first kappa shape index (κ1) is 22.8. The summed E-state index contributed by atoms with van der Waals surface area (Å²) in [5.41, 5.74) is 10.6. The monoisotopic (exact) mass is 456 g/mol. The van der Waals surface area contributed by atoms with E-state index in [2.05, 4.69) is 6.07 Å². The molecule has 0 unspecified atom stereocenters. The fraction of sp³-hybridized carbons (Fsp3) is 0.148. The van der Waals surface area contributed by atoms with Gasteiger partial charge in [0.25, 0.3) is 5.91 Å². The van der Waals surface area contributed by atoms with Crippen molar-refractivity contribution in [2.24, 2.45) is 5.73 Å². The van der Waals surface area contributed by atoms with Gasteiger partial charge in [-0.3, -0.25) is 9.59 Å². The number of nitrogens with zero attached hydrogens (tertiary/aromatic N) is 1. The molecule has 0 spiro atoms. The summed E-state index contributed by atoms with van der Waals surface area (Å²) in [6.07, 6.45) is -0.196. The predicted octanol–water partition coefficient (Wildman–Crippen LogP) is 3.73. The van der Waals surface area contributed by atoms with Gasteiger partial charge in [-0.1, -0.05) is 60.7 Å². The lowest BCUT2D eigenvalue weighted by Gasteiger charge is -2.14. The SMILES string of the molecule is Cc1c(CC(=O)C(N)=O)c2c(OCC(=O)O)cccc2n1Cc1ccccc1-c1ccccc1. The van der Waals surface area contributed by atoms with Crippen molar-refractivity contribution in [2.75, 3.05) is 6.61 Å². The van der Waals surface area contributed by atoms with Gasteiger partial charge in [0.1, 0.15) is 5.75 Å². The minimum absolute atomic E-state index is 0.196. The Hall–Kier alpha value is -4.39. The standard InChI is InChI=1S/C27H24N2O5/c1-17-21(14-23(30)27(28)33)26-22(12-7-13-24(26)34-16-25(31)32)29(17)15-19-10-5-6-11-20(19)18-8-3-2-4-9-18/h2-13H,14-16H2,1H3,(H2,28,33)(H,31,32). The van der Waals surface area contributed by atoms with E-state index in [4.69, 9.17) is 15.6 Å². The summed E-state index contributed by atoms with van der Waals surface area (Å²) >= 11 is 0. The number of Topliss-reactive ketones (excluding diaryl/α,β-unsaturated/α-hetero) is 1. The van der Waals surface area contributed by atoms with Crippen LogP contribution in [0.1, 0.15) is 16.8 Å². The topological polar surface area (TPSA) is 112 Å². The zero-order chi connectivity index (χ0) is 24.2. The van der Waals surface area contributed by atoms with Crippen LogP contribution in [0.4, 0.5) is 0 Å². The largest absolute Gasteiger partial charge is 0.481 e. The summed E-state index contributed by atoms with van der Waals surface area (Å²) in [5, 5.41) is 9.69. The Morgan fingerprint density at radius 1 is 0.941 bits per heavy atom. The van der Waals surface area contributed by atoms with E-state index in [-0.39, 0.29) is 6.42 Å². The number of carboxylic acids is 1. The molecule has 0 aliphatic rings. The molecule has 0 bridgehead atoms. The van der Waals surface area contributed by atoms with Gasteiger partial charge in [-0.05, 0) is 41.3 Å². The molecule has 0 aliphatic heterocycles. The Bertz CT molecular complexity index is 1390. The van der Waals surface area contributed by atoms with Crippen LogP contribution in [0, 0.1) is 6.92 Å². The Balaban J connectivity index is 1.87. The second kappa shape index (κ2) is 9.62. The van der Waals surface area contributed by atoms with Crippen LogP contribution in [0.15, 0.2) is 72.8 Å². The first-order valence-corrected chi connectivity index (χ1v) is 10.8. The van der Waals surface area contributed by atoms with Crippen LogP contribution in [0.3, 0.4) is 0 Å². The molecule has 0 radical (unpaired) electrons. The van der Waals surface area contributed by atoms with E-state index in [9.17, 15) is 14.4 Å². The first-order chi connectivity index (χ1) is 16.4. The van der Waals surface area contributed by atoms with E-state index in [0.29, 0.717) is 23.2 Å². The lowest BCUT2D eigenvalue weighted by Crippen LogP contribution is -2.25. The molecule has 7 nitrogen and oxygen atoms in total. The third-order valence-corrected chi connectivity index (χ3v) is 5.83. The average Bonchev–Trinajstić information content (AvgIpc) is 3.10. The first-order valence-electron chi connectivity index (χ1n) is 10.8. The molecule has 172 valence electrons. The zero-order valence-electron chi connectivity index (χ0n) is 18.7. The van der Waals surface area contributed by atoms with Gasteiger partial charge in [-0.2, -0.15) is 0 Å². The number of amides is 1. The predicted molar refractivity (Wildman–Crippen MR) is 129 cm³/mol. The molecule has 1 heterocycles. The summed E-state index contributed by atoms with van der Waals surface area (Å²) in [5.74, 6) is -2.51. The maximum atomic E-state index is 12.3. The molecule has 34 heavy (non-hydrogen) atoms. The minimum atomic E-state index is -1.11. The van der Waals surface area contributed by atoms with Crippen molar-refractivity contribution in [3.8, 4) is 16.9 Å². The molecule has 1 amide bonds. The molecule has 0 saturated heterocycles. The van der Waals surface area contributed by atoms with E-state index >= 15 is 0 Å². The number of carbonyl (C=O) groups excluding carboxylic acids is 2. The molecule has 7 heteroatoms. The second-order valence-corrected chi connectivity index (χ2v) is 7.97. The summed E-state index contributed by atoms with van der Waals surface area (Å²) in [6, 6.07) is 23.4. The molecular formula is C27H24N2O5. The molecule has 1 aromatic heterocycles. The van der Waals surface area contributed by atoms with Gasteiger partial charge in [-0.25, -0.2) is 4.79 Å². The zero-order valence-corrected chi connectivity index (χ0v) is 18.7. The highest BCUT2D eigenvalue weighted by molar-refractivity contribution is 6.36. The van der Waals surface area contributed by atoms with Gasteiger partial charge in [0, 0.05) is 24.0 Å². The van der Waals surface area contributed by atoms with Crippen LogP contribution in [-0.2, 0) is 27.3 Å². The highest BCUT2D eigenvalue weighted by atomic mass is 16.5. The van der Waals surface area contributed by atoms with Gasteiger partial charge in [-0.15, -0.1) is 0 Å². The highest BCUT2D eigenvalue weighted by Crippen LogP contribution is 2.35. The van der Waals surface area contributed by atoms with Crippen molar-refractivity contribution in [2.45, 2.75) is 19.9 Å². The third kappa shape index (κ3) is 4.54. The summed E-state index contributed by atoms with van der Waals surface area (Å²) in [4.78, 5) is 34.9. The number of carboxylic acid groups (broad SMARTS) is 1. The van der Waals surface area contributed by atoms with E-state index in [0.717, 1.165) is 27.9 Å². The molecule has 0 fully saturated rings. The maximum Gasteiger partial charge on any atom is 0.341 e. The van der Waals surface area contributed by atoms with Crippen LogP contribution in [0.2, 0.25) is 0 Å². The number of carbonyl (C=O) groups is 3. The lowest BCUT2D eigenvalue weighted by atomic mass is 9.99. The highest BCUT2D eigenvalue weighted by Gasteiger charge is 2.22. The van der Waals surface area contributed by atoms with E-state index < -0.39 is 24.3 Å². The van der Waals surface area contributed by atoms with Crippen molar-refractivity contribution in [1.29, 1.82) is 0 Å². The fourth-order valence-electron chi connectivity index (χ4n) is 4.23. The number of ether oxygens (including phenoxy) is 1. The van der Waals surface area contributed by atoms with Crippen LogP contribution in [0.25, 0.3) is 22.0 Å². The van der Waals surface area contributed by atoms with Crippen molar-refractivity contribution < 1.29 is 24.2 Å². The quantitative estimate of drug-likeness (QED) is 0.373. The van der Waals surface area contributed by atoms with E-state index in [1.807, 2.05) is 66.1 Å². The average molecular weight is 456 g/mol. The van der Waals surface area contributed by atoms with Crippen molar-refractivity contribution in [3.05, 3.63) is 89.6 Å². The number of aliphatic carboxylic acids is 1. The summed E-state index contributed by atoms with van der Waals surface area (Å²) < 4.78 is 7.58. The number of aromatic nitrogens is 1. The number of rotatable bonds is 9. The van der Waals surface area contributed by atoms with Gasteiger partial charge >= 0.3 is 5.97 Å². The second-order valence-electron chi connectivity index (χ2n) is 7.97. The number of benzene rings is 3. The lowest BCUT2D eigenvalue weighted by molar-refractivity contribution is -0.139.